The van der Waals surface area contributed by atoms with Gasteiger partial charge in [0, 0.05) is 21.3 Å². The molecule has 0 aromatic heterocycles. The lowest BCUT2D eigenvalue weighted by molar-refractivity contribution is -1.03. The summed E-state index contributed by atoms with van der Waals surface area (Å²) in [7, 11) is 10.1. The van der Waals surface area contributed by atoms with Crippen LogP contribution in [0.2, 0.25) is 0 Å². The number of hydrogen-bond acceptors (Lipinski definition) is 3. The van der Waals surface area contributed by atoms with E-state index in [-0.39, 0.29) is 0 Å². The lowest BCUT2D eigenvalue weighted by Crippen LogP contribution is -2.67. The molecule has 0 aromatic rings. The van der Waals surface area contributed by atoms with Crippen molar-refractivity contribution >= 4 is 10.2 Å². The van der Waals surface area contributed by atoms with Crippen LogP contribution >= 0.6 is 0 Å². The third kappa shape index (κ3) is 2.79. The first-order valence-electron chi connectivity index (χ1n) is 5.41. The smallest absolute Gasteiger partial charge is 0.281 e. The number of rotatable bonds is 7. The van der Waals surface area contributed by atoms with Gasteiger partial charge in [-0.3, -0.25) is 18.7 Å². The predicted molar refractivity (Wildman–Crippen MR) is 64.5 cm³/mol. The molecule has 1 atom stereocenters. The summed E-state index contributed by atoms with van der Waals surface area (Å²) in [5, 5.41) is 0. The Kier molecular flexibility index (Phi) is 5.98. The van der Waals surface area contributed by atoms with Crippen LogP contribution in [-0.2, 0) is 14.2 Å². The number of ether oxygens (including phenoxy) is 3. The van der Waals surface area contributed by atoms with Crippen LogP contribution in [0.15, 0.2) is 0 Å². The third-order valence-corrected chi connectivity index (χ3v) is 5.16. The van der Waals surface area contributed by atoms with Crippen molar-refractivity contribution in [3.63, 3.8) is 0 Å². The van der Waals surface area contributed by atoms with E-state index in [4.69, 9.17) is 14.2 Å². The molecular formula is C10H26NO3Si+. The highest BCUT2D eigenvalue weighted by atomic mass is 28.1. The average Bonchev–Trinajstić information content (AvgIpc) is 2.21. The highest BCUT2D eigenvalue weighted by Gasteiger charge is 2.51. The van der Waals surface area contributed by atoms with E-state index in [9.17, 15) is 0 Å². The van der Waals surface area contributed by atoms with E-state index in [0.29, 0.717) is 10.1 Å². The van der Waals surface area contributed by atoms with Crippen molar-refractivity contribution in [1.29, 1.82) is 0 Å². The molecule has 0 aliphatic heterocycles. The minimum atomic E-state index is -0.985. The molecule has 0 spiro atoms. The minimum absolute atomic E-state index is 0.537. The standard InChI is InChI=1S/C10H26NO3Si/c1-7-8-9(15)11(2,3)10(12-4,13-5)14-6/h9H,7-8H2,1-6,15H3/q+1. The molecule has 0 saturated carbocycles. The van der Waals surface area contributed by atoms with Gasteiger partial charge >= 0.3 is 6.10 Å². The molecule has 0 amide bonds. The van der Waals surface area contributed by atoms with Crippen LogP contribution in [0.25, 0.3) is 0 Å². The van der Waals surface area contributed by atoms with Gasteiger partial charge < -0.3 is 0 Å². The fourth-order valence-electron chi connectivity index (χ4n) is 1.97. The predicted octanol–water partition coefficient (Wildman–Crippen LogP) is 0.105. The maximum atomic E-state index is 5.42. The highest BCUT2D eigenvalue weighted by molar-refractivity contribution is 6.10. The average molecular weight is 236 g/mol. The van der Waals surface area contributed by atoms with Crippen molar-refractivity contribution < 1.29 is 18.7 Å². The molecule has 4 nitrogen and oxygen atoms in total. The van der Waals surface area contributed by atoms with Crippen LogP contribution in [0, 0.1) is 0 Å². The first kappa shape index (κ1) is 15.1. The van der Waals surface area contributed by atoms with Crippen molar-refractivity contribution in [3.8, 4) is 0 Å². The molecule has 0 saturated heterocycles. The second-order valence-corrected chi connectivity index (χ2v) is 5.65. The Morgan fingerprint density at radius 2 is 1.53 bits per heavy atom. The van der Waals surface area contributed by atoms with Crippen molar-refractivity contribution in [1.82, 2.24) is 0 Å². The van der Waals surface area contributed by atoms with Crippen molar-refractivity contribution in [2.45, 2.75) is 31.5 Å². The summed E-state index contributed by atoms with van der Waals surface area (Å²) in [6.07, 6.45) is 1.35. The minimum Gasteiger partial charge on any atom is -0.281 e. The Morgan fingerprint density at radius 3 is 1.80 bits per heavy atom. The van der Waals surface area contributed by atoms with Crippen LogP contribution in [0.4, 0.5) is 0 Å². The molecule has 15 heavy (non-hydrogen) atoms. The Labute approximate surface area is 96.5 Å². The van der Waals surface area contributed by atoms with Gasteiger partial charge in [0.15, 0.2) is 0 Å². The summed E-state index contributed by atoms with van der Waals surface area (Å²) >= 11 is 0. The maximum absolute atomic E-state index is 5.42. The summed E-state index contributed by atoms with van der Waals surface area (Å²) in [5.41, 5.74) is 0.537. The fourth-order valence-corrected chi connectivity index (χ4v) is 2.86. The molecule has 0 aliphatic rings. The number of quaternary nitrogens is 1. The molecule has 5 heteroatoms. The lowest BCUT2D eigenvalue weighted by atomic mass is 10.3. The second kappa shape index (κ2) is 5.96. The summed E-state index contributed by atoms with van der Waals surface area (Å²) in [6, 6.07) is 0. The maximum Gasteiger partial charge on any atom is 0.448 e. The van der Waals surface area contributed by atoms with Crippen molar-refractivity contribution in [2.75, 3.05) is 35.4 Å². The number of methoxy groups -OCH3 is 3. The topological polar surface area (TPSA) is 27.7 Å². The van der Waals surface area contributed by atoms with Gasteiger partial charge in [-0.05, 0) is 6.42 Å². The van der Waals surface area contributed by atoms with Gasteiger partial charge in [0.2, 0.25) is 0 Å². The van der Waals surface area contributed by atoms with Crippen molar-refractivity contribution in [2.24, 2.45) is 0 Å². The molecule has 0 heterocycles. The SMILES string of the molecule is CCCC([SiH3])[N+](C)(C)C(OC)(OC)OC. The number of hydrogen-bond donors (Lipinski definition) is 0. The van der Waals surface area contributed by atoms with E-state index in [1.54, 1.807) is 21.3 Å². The Bertz CT molecular complexity index is 175. The van der Waals surface area contributed by atoms with Crippen LogP contribution < -0.4 is 0 Å². The van der Waals surface area contributed by atoms with Gasteiger partial charge in [0.05, 0.1) is 30.0 Å². The summed E-state index contributed by atoms with van der Waals surface area (Å²) in [6.45, 7) is 2.19. The van der Waals surface area contributed by atoms with E-state index < -0.39 is 6.10 Å². The van der Waals surface area contributed by atoms with Gasteiger partial charge in [0.1, 0.15) is 0 Å². The van der Waals surface area contributed by atoms with E-state index in [2.05, 4.69) is 21.0 Å². The van der Waals surface area contributed by atoms with E-state index in [0.717, 1.165) is 16.7 Å². The second-order valence-electron chi connectivity index (χ2n) is 4.31. The quantitative estimate of drug-likeness (QED) is 0.357. The van der Waals surface area contributed by atoms with Crippen LogP contribution in [-0.4, -0.2) is 61.9 Å². The van der Waals surface area contributed by atoms with Gasteiger partial charge in [0.25, 0.3) is 0 Å². The molecule has 0 aliphatic carbocycles. The molecule has 92 valence electrons. The molecule has 0 fully saturated rings. The van der Waals surface area contributed by atoms with E-state index in [1.165, 1.54) is 6.42 Å². The first-order chi connectivity index (χ1) is 6.91. The lowest BCUT2D eigenvalue weighted by Gasteiger charge is -2.46. The zero-order valence-corrected chi connectivity index (χ0v) is 13.2. The van der Waals surface area contributed by atoms with E-state index >= 15 is 0 Å². The van der Waals surface area contributed by atoms with Crippen LogP contribution in [0.1, 0.15) is 19.8 Å². The normalized spacial score (nSPS) is 15.6. The molecule has 0 radical (unpaired) electrons. The highest BCUT2D eigenvalue weighted by Crippen LogP contribution is 2.27. The van der Waals surface area contributed by atoms with Gasteiger partial charge in [-0.25, -0.2) is 0 Å². The zero-order valence-electron chi connectivity index (χ0n) is 11.2. The molecule has 1 unspecified atom stereocenters. The Hall–Kier alpha value is 0.0569. The van der Waals surface area contributed by atoms with Gasteiger partial charge in [-0.2, -0.15) is 0 Å². The molecule has 0 bridgehead atoms. The molecular weight excluding hydrogens is 210 g/mol. The van der Waals surface area contributed by atoms with Crippen molar-refractivity contribution in [3.05, 3.63) is 0 Å². The fraction of sp³-hybridized carbons (Fsp3) is 1.00. The number of nitrogens with zero attached hydrogens (tertiary/aromatic N) is 1. The Morgan fingerprint density at radius 1 is 1.13 bits per heavy atom. The van der Waals surface area contributed by atoms with Gasteiger partial charge in [-0.15, -0.1) is 0 Å². The zero-order chi connectivity index (χ0) is 12.1. The van der Waals surface area contributed by atoms with Crippen LogP contribution in [0.5, 0.6) is 0 Å². The summed E-state index contributed by atoms with van der Waals surface area (Å²) < 4.78 is 16.8. The monoisotopic (exact) mass is 236 g/mol. The molecule has 0 aromatic carbocycles. The van der Waals surface area contributed by atoms with E-state index in [1.807, 2.05) is 0 Å². The molecule has 0 N–H and O–H groups in total. The molecule has 0 rings (SSSR count). The largest absolute Gasteiger partial charge is 0.448 e. The summed E-state index contributed by atoms with van der Waals surface area (Å²) in [5.74, 6) is 0. The summed E-state index contributed by atoms with van der Waals surface area (Å²) in [4.78, 5) is 0. The van der Waals surface area contributed by atoms with Gasteiger partial charge in [-0.1, -0.05) is 13.3 Å². The third-order valence-electron chi connectivity index (χ3n) is 3.29. The first-order valence-corrected chi connectivity index (χ1v) is 6.56. The van der Waals surface area contributed by atoms with Crippen LogP contribution in [0.3, 0.4) is 0 Å². The Balaban J connectivity index is 4.92.